The van der Waals surface area contributed by atoms with Crippen LogP contribution in [0, 0.1) is 0 Å². The average Bonchev–Trinajstić information content (AvgIpc) is 2.87. The van der Waals surface area contributed by atoms with Crippen LogP contribution in [0.5, 0.6) is 11.5 Å². The molecule has 0 bridgehead atoms. The first-order chi connectivity index (χ1) is 8.83. The van der Waals surface area contributed by atoms with Gasteiger partial charge in [-0.15, -0.1) is 0 Å². The van der Waals surface area contributed by atoms with Gasteiger partial charge in [-0.25, -0.2) is 9.97 Å². The van der Waals surface area contributed by atoms with Crippen molar-refractivity contribution in [3.8, 4) is 11.5 Å². The van der Waals surface area contributed by atoms with Crippen LogP contribution in [-0.2, 0) is 0 Å². The molecule has 0 radical (unpaired) electrons. The molecule has 0 amide bonds. The Bertz CT molecular complexity index is 545. The van der Waals surface area contributed by atoms with Crippen LogP contribution in [0.25, 0.3) is 0 Å². The van der Waals surface area contributed by atoms with Crippen molar-refractivity contribution < 1.29 is 9.47 Å². The Morgan fingerprint density at radius 1 is 1.17 bits per heavy atom. The number of anilines is 1. The zero-order valence-corrected chi connectivity index (χ0v) is 9.96. The number of fused-ring (bicyclic) bond motifs is 1. The van der Waals surface area contributed by atoms with Crippen LogP contribution >= 0.6 is 0 Å². The molecule has 1 N–H and O–H groups in total. The maximum absolute atomic E-state index is 5.36. The average molecular weight is 243 g/mol. The predicted molar refractivity (Wildman–Crippen MR) is 66.6 cm³/mol. The summed E-state index contributed by atoms with van der Waals surface area (Å²) in [6.07, 6.45) is 3.42. The molecule has 1 aliphatic heterocycles. The molecule has 1 unspecified atom stereocenters. The second-order valence-electron chi connectivity index (χ2n) is 4.05. The molecule has 2 heterocycles. The van der Waals surface area contributed by atoms with E-state index in [0.29, 0.717) is 12.7 Å². The molecular weight excluding hydrogens is 230 g/mol. The Balaban J connectivity index is 1.78. The SMILES string of the molecule is CC(Nc1ncccn1)c1ccc2c(c1)OCO2. The summed E-state index contributed by atoms with van der Waals surface area (Å²) in [5.74, 6) is 2.19. The normalized spacial score (nSPS) is 14.3. The minimum absolute atomic E-state index is 0.0990. The van der Waals surface area contributed by atoms with Gasteiger partial charge in [0.05, 0.1) is 6.04 Å². The van der Waals surface area contributed by atoms with Crippen molar-refractivity contribution >= 4 is 5.95 Å². The van der Waals surface area contributed by atoms with E-state index in [9.17, 15) is 0 Å². The van der Waals surface area contributed by atoms with Gasteiger partial charge in [0, 0.05) is 12.4 Å². The van der Waals surface area contributed by atoms with Crippen molar-refractivity contribution in [2.24, 2.45) is 0 Å². The Kier molecular flexibility index (Phi) is 2.72. The summed E-state index contributed by atoms with van der Waals surface area (Å²) >= 11 is 0. The van der Waals surface area contributed by atoms with Gasteiger partial charge in [-0.2, -0.15) is 0 Å². The van der Waals surface area contributed by atoms with Crippen LogP contribution < -0.4 is 14.8 Å². The monoisotopic (exact) mass is 243 g/mol. The zero-order chi connectivity index (χ0) is 12.4. The van der Waals surface area contributed by atoms with E-state index in [2.05, 4.69) is 15.3 Å². The highest BCUT2D eigenvalue weighted by molar-refractivity contribution is 5.46. The number of rotatable bonds is 3. The molecule has 5 nitrogen and oxygen atoms in total. The van der Waals surface area contributed by atoms with Crippen LogP contribution in [-0.4, -0.2) is 16.8 Å². The van der Waals surface area contributed by atoms with Gasteiger partial charge in [0.2, 0.25) is 12.7 Å². The van der Waals surface area contributed by atoms with Crippen molar-refractivity contribution in [2.75, 3.05) is 12.1 Å². The van der Waals surface area contributed by atoms with E-state index in [-0.39, 0.29) is 6.04 Å². The summed E-state index contributed by atoms with van der Waals surface area (Å²) in [7, 11) is 0. The molecule has 0 saturated carbocycles. The first kappa shape index (κ1) is 10.8. The van der Waals surface area contributed by atoms with Gasteiger partial charge in [-0.1, -0.05) is 6.07 Å². The standard InChI is InChI=1S/C13H13N3O2/c1-9(16-13-14-5-2-6-15-13)10-3-4-11-12(7-10)18-8-17-11/h2-7,9H,8H2,1H3,(H,14,15,16). The highest BCUT2D eigenvalue weighted by Crippen LogP contribution is 2.34. The van der Waals surface area contributed by atoms with E-state index < -0.39 is 0 Å². The lowest BCUT2D eigenvalue weighted by Gasteiger charge is -2.14. The van der Waals surface area contributed by atoms with E-state index in [1.807, 2.05) is 25.1 Å². The minimum atomic E-state index is 0.0990. The van der Waals surface area contributed by atoms with Crippen LogP contribution in [0.2, 0.25) is 0 Å². The lowest BCUT2D eigenvalue weighted by Crippen LogP contribution is -2.08. The van der Waals surface area contributed by atoms with Crippen LogP contribution in [0.15, 0.2) is 36.7 Å². The number of ether oxygens (including phenoxy) is 2. The lowest BCUT2D eigenvalue weighted by molar-refractivity contribution is 0.174. The third-order valence-electron chi connectivity index (χ3n) is 2.81. The maximum Gasteiger partial charge on any atom is 0.231 e. The summed E-state index contributed by atoms with van der Waals surface area (Å²) in [4.78, 5) is 8.28. The number of hydrogen-bond donors (Lipinski definition) is 1. The van der Waals surface area contributed by atoms with E-state index in [4.69, 9.17) is 9.47 Å². The molecule has 18 heavy (non-hydrogen) atoms. The number of hydrogen-bond acceptors (Lipinski definition) is 5. The molecule has 0 saturated heterocycles. The van der Waals surface area contributed by atoms with Gasteiger partial charge < -0.3 is 14.8 Å². The topological polar surface area (TPSA) is 56.3 Å². The summed E-state index contributed by atoms with van der Waals surface area (Å²) < 4.78 is 10.6. The number of benzene rings is 1. The molecule has 0 fully saturated rings. The van der Waals surface area contributed by atoms with Gasteiger partial charge in [0.15, 0.2) is 11.5 Å². The molecule has 2 aromatic rings. The lowest BCUT2D eigenvalue weighted by atomic mass is 10.1. The quantitative estimate of drug-likeness (QED) is 0.896. The third kappa shape index (κ3) is 2.07. The second kappa shape index (κ2) is 4.52. The van der Waals surface area contributed by atoms with Gasteiger partial charge in [-0.3, -0.25) is 0 Å². The molecule has 3 rings (SSSR count). The summed E-state index contributed by atoms with van der Waals surface area (Å²) in [6, 6.07) is 7.79. The first-order valence-corrected chi connectivity index (χ1v) is 5.76. The first-order valence-electron chi connectivity index (χ1n) is 5.76. The highest BCUT2D eigenvalue weighted by Gasteiger charge is 2.15. The Hall–Kier alpha value is -2.30. The van der Waals surface area contributed by atoms with Crippen molar-refractivity contribution in [1.82, 2.24) is 9.97 Å². The molecule has 0 spiro atoms. The summed E-state index contributed by atoms with van der Waals surface area (Å²) in [5.41, 5.74) is 1.10. The Morgan fingerprint density at radius 3 is 2.78 bits per heavy atom. The third-order valence-corrected chi connectivity index (χ3v) is 2.81. The van der Waals surface area contributed by atoms with Crippen molar-refractivity contribution in [3.05, 3.63) is 42.2 Å². The molecule has 5 heteroatoms. The highest BCUT2D eigenvalue weighted by atomic mass is 16.7. The molecule has 92 valence electrons. The van der Waals surface area contributed by atoms with Gasteiger partial charge in [0.25, 0.3) is 0 Å². The fourth-order valence-electron chi connectivity index (χ4n) is 1.83. The molecule has 1 aromatic carbocycles. The smallest absolute Gasteiger partial charge is 0.231 e. The van der Waals surface area contributed by atoms with E-state index >= 15 is 0 Å². The number of aromatic nitrogens is 2. The molecule has 0 aliphatic carbocycles. The maximum atomic E-state index is 5.36. The second-order valence-corrected chi connectivity index (χ2v) is 4.05. The summed E-state index contributed by atoms with van der Waals surface area (Å²) in [6.45, 7) is 2.34. The number of nitrogens with zero attached hydrogens (tertiary/aromatic N) is 2. The van der Waals surface area contributed by atoms with Crippen LogP contribution in [0.3, 0.4) is 0 Å². The largest absolute Gasteiger partial charge is 0.454 e. The van der Waals surface area contributed by atoms with E-state index in [1.54, 1.807) is 18.5 Å². The van der Waals surface area contributed by atoms with E-state index in [0.717, 1.165) is 17.1 Å². The molecule has 1 atom stereocenters. The fraction of sp³-hybridized carbons (Fsp3) is 0.231. The van der Waals surface area contributed by atoms with Crippen molar-refractivity contribution in [2.45, 2.75) is 13.0 Å². The fourth-order valence-corrected chi connectivity index (χ4v) is 1.83. The van der Waals surface area contributed by atoms with Crippen molar-refractivity contribution in [1.29, 1.82) is 0 Å². The predicted octanol–water partition coefficient (Wildman–Crippen LogP) is 2.38. The Morgan fingerprint density at radius 2 is 1.94 bits per heavy atom. The van der Waals surface area contributed by atoms with Crippen LogP contribution in [0.1, 0.15) is 18.5 Å². The Labute approximate surface area is 105 Å². The number of nitrogens with one attached hydrogen (secondary N) is 1. The minimum Gasteiger partial charge on any atom is -0.454 e. The van der Waals surface area contributed by atoms with Crippen molar-refractivity contribution in [3.63, 3.8) is 0 Å². The van der Waals surface area contributed by atoms with Gasteiger partial charge in [0.1, 0.15) is 0 Å². The summed E-state index contributed by atoms with van der Waals surface area (Å²) in [5, 5.41) is 3.23. The zero-order valence-electron chi connectivity index (χ0n) is 9.96. The van der Waals surface area contributed by atoms with Crippen LogP contribution in [0.4, 0.5) is 5.95 Å². The van der Waals surface area contributed by atoms with E-state index in [1.165, 1.54) is 0 Å². The molecule has 1 aromatic heterocycles. The van der Waals surface area contributed by atoms with Gasteiger partial charge in [-0.05, 0) is 30.7 Å². The van der Waals surface area contributed by atoms with Gasteiger partial charge >= 0.3 is 0 Å². The molecule has 1 aliphatic rings. The molecular formula is C13H13N3O2.